The van der Waals surface area contributed by atoms with Gasteiger partial charge in [0.25, 0.3) is 0 Å². The minimum Gasteiger partial charge on any atom is -0.394 e. The lowest BCUT2D eigenvalue weighted by molar-refractivity contribution is 0.103. The lowest BCUT2D eigenvalue weighted by Crippen LogP contribution is -2.02. The van der Waals surface area contributed by atoms with Crippen LogP contribution in [0.25, 0.3) is 0 Å². The highest BCUT2D eigenvalue weighted by Crippen LogP contribution is 2.15. The standard InChI is InChI=1S/C10H14O2S/c11-6-7-12-8-9-13-10-4-2-1-3-5-10/h1-5,11H,6-9H2. The molecule has 0 saturated carbocycles. The van der Waals surface area contributed by atoms with Gasteiger partial charge in [0.15, 0.2) is 0 Å². The van der Waals surface area contributed by atoms with E-state index in [1.165, 1.54) is 4.90 Å². The molecular formula is C10H14O2S. The first-order valence-electron chi connectivity index (χ1n) is 4.30. The summed E-state index contributed by atoms with van der Waals surface area (Å²) in [7, 11) is 0. The number of aliphatic hydroxyl groups excluding tert-OH is 1. The van der Waals surface area contributed by atoms with Gasteiger partial charge in [0.2, 0.25) is 0 Å². The van der Waals surface area contributed by atoms with Crippen molar-refractivity contribution in [2.45, 2.75) is 4.90 Å². The molecular weight excluding hydrogens is 184 g/mol. The van der Waals surface area contributed by atoms with Crippen LogP contribution in [-0.2, 0) is 4.74 Å². The number of rotatable bonds is 6. The maximum atomic E-state index is 8.45. The first-order chi connectivity index (χ1) is 6.43. The summed E-state index contributed by atoms with van der Waals surface area (Å²) in [6, 6.07) is 10.2. The molecule has 1 rings (SSSR count). The van der Waals surface area contributed by atoms with Gasteiger partial charge in [0.1, 0.15) is 0 Å². The van der Waals surface area contributed by atoms with E-state index in [9.17, 15) is 0 Å². The third-order valence-electron chi connectivity index (χ3n) is 1.48. The van der Waals surface area contributed by atoms with Gasteiger partial charge < -0.3 is 9.84 Å². The molecule has 3 heteroatoms. The van der Waals surface area contributed by atoms with Crippen molar-refractivity contribution in [3.8, 4) is 0 Å². The number of hydrogen-bond donors (Lipinski definition) is 1. The van der Waals surface area contributed by atoms with E-state index in [-0.39, 0.29) is 6.61 Å². The first-order valence-corrected chi connectivity index (χ1v) is 5.28. The molecule has 0 aromatic heterocycles. The molecule has 0 saturated heterocycles. The smallest absolute Gasteiger partial charge is 0.0698 e. The lowest BCUT2D eigenvalue weighted by atomic mass is 10.4. The summed E-state index contributed by atoms with van der Waals surface area (Å²) >= 11 is 1.76. The summed E-state index contributed by atoms with van der Waals surface area (Å²) in [5.74, 6) is 0.935. The molecule has 0 heterocycles. The van der Waals surface area contributed by atoms with Gasteiger partial charge in [0.05, 0.1) is 19.8 Å². The van der Waals surface area contributed by atoms with Gasteiger partial charge in [-0.25, -0.2) is 0 Å². The Morgan fingerprint density at radius 1 is 1.15 bits per heavy atom. The van der Waals surface area contributed by atoms with Gasteiger partial charge >= 0.3 is 0 Å². The quantitative estimate of drug-likeness (QED) is 0.558. The van der Waals surface area contributed by atoms with E-state index in [4.69, 9.17) is 9.84 Å². The molecule has 0 aliphatic carbocycles. The summed E-state index contributed by atoms with van der Waals surface area (Å²) in [5.41, 5.74) is 0. The van der Waals surface area contributed by atoms with Crippen molar-refractivity contribution in [3.05, 3.63) is 30.3 Å². The second-order valence-electron chi connectivity index (χ2n) is 2.50. The zero-order chi connectivity index (χ0) is 9.36. The van der Waals surface area contributed by atoms with Crippen LogP contribution in [-0.4, -0.2) is 30.7 Å². The maximum Gasteiger partial charge on any atom is 0.0698 e. The van der Waals surface area contributed by atoms with Crippen LogP contribution in [0.4, 0.5) is 0 Å². The summed E-state index contributed by atoms with van der Waals surface area (Å²) < 4.78 is 5.13. The molecule has 0 amide bonds. The number of aliphatic hydroxyl groups is 1. The van der Waals surface area contributed by atoms with Crippen molar-refractivity contribution in [3.63, 3.8) is 0 Å². The highest BCUT2D eigenvalue weighted by molar-refractivity contribution is 7.99. The monoisotopic (exact) mass is 198 g/mol. The molecule has 1 N–H and O–H groups in total. The SMILES string of the molecule is OCCOCCSc1ccccc1. The zero-order valence-electron chi connectivity index (χ0n) is 7.48. The molecule has 1 aromatic carbocycles. The topological polar surface area (TPSA) is 29.5 Å². The van der Waals surface area contributed by atoms with Crippen molar-refractivity contribution >= 4 is 11.8 Å². The summed E-state index contributed by atoms with van der Waals surface area (Å²) in [6.07, 6.45) is 0. The van der Waals surface area contributed by atoms with Gasteiger partial charge in [0, 0.05) is 10.6 Å². The molecule has 0 aliphatic heterocycles. The Kier molecular flexibility index (Phi) is 5.65. The van der Waals surface area contributed by atoms with Crippen molar-refractivity contribution in [1.82, 2.24) is 0 Å². The molecule has 13 heavy (non-hydrogen) atoms. The number of thioether (sulfide) groups is 1. The van der Waals surface area contributed by atoms with Crippen LogP contribution in [0.15, 0.2) is 35.2 Å². The van der Waals surface area contributed by atoms with Gasteiger partial charge in [-0.15, -0.1) is 11.8 Å². The Morgan fingerprint density at radius 3 is 2.62 bits per heavy atom. The van der Waals surface area contributed by atoms with Crippen molar-refractivity contribution in [2.75, 3.05) is 25.6 Å². The average Bonchev–Trinajstić information content (AvgIpc) is 2.19. The van der Waals surface area contributed by atoms with E-state index in [2.05, 4.69) is 12.1 Å². The fourth-order valence-corrected chi connectivity index (χ4v) is 1.69. The number of benzene rings is 1. The Labute approximate surface area is 82.9 Å². The molecule has 0 spiro atoms. The van der Waals surface area contributed by atoms with E-state index in [1.807, 2.05) is 18.2 Å². The summed E-state index contributed by atoms with van der Waals surface area (Å²) in [4.78, 5) is 1.26. The normalized spacial score (nSPS) is 10.2. The molecule has 1 aromatic rings. The van der Waals surface area contributed by atoms with Gasteiger partial charge in [-0.3, -0.25) is 0 Å². The number of hydrogen-bond acceptors (Lipinski definition) is 3. The molecule has 0 atom stereocenters. The Hall–Kier alpha value is -0.510. The molecule has 0 aliphatic rings. The molecule has 0 bridgehead atoms. The molecule has 0 fully saturated rings. The second-order valence-corrected chi connectivity index (χ2v) is 3.67. The third kappa shape index (κ3) is 4.93. The second kappa shape index (κ2) is 6.95. The van der Waals surface area contributed by atoms with Crippen LogP contribution in [0, 0.1) is 0 Å². The third-order valence-corrected chi connectivity index (χ3v) is 2.45. The molecule has 2 nitrogen and oxygen atoms in total. The maximum absolute atomic E-state index is 8.45. The van der Waals surface area contributed by atoms with Gasteiger partial charge in [-0.05, 0) is 12.1 Å². The summed E-state index contributed by atoms with van der Waals surface area (Å²) in [6.45, 7) is 1.24. The largest absolute Gasteiger partial charge is 0.394 e. The van der Waals surface area contributed by atoms with Crippen molar-refractivity contribution in [1.29, 1.82) is 0 Å². The highest BCUT2D eigenvalue weighted by Gasteiger charge is 1.91. The Bertz CT molecular complexity index is 213. The van der Waals surface area contributed by atoms with Gasteiger partial charge in [-0.2, -0.15) is 0 Å². The van der Waals surface area contributed by atoms with Crippen LogP contribution in [0.3, 0.4) is 0 Å². The fraction of sp³-hybridized carbons (Fsp3) is 0.400. The van der Waals surface area contributed by atoms with E-state index in [0.717, 1.165) is 5.75 Å². The Morgan fingerprint density at radius 2 is 1.92 bits per heavy atom. The summed E-state index contributed by atoms with van der Waals surface area (Å²) in [5, 5.41) is 8.45. The molecule has 0 radical (unpaired) electrons. The van der Waals surface area contributed by atoms with Crippen LogP contribution in [0.1, 0.15) is 0 Å². The van der Waals surface area contributed by atoms with E-state index >= 15 is 0 Å². The van der Waals surface area contributed by atoms with Crippen LogP contribution in [0.2, 0.25) is 0 Å². The lowest BCUT2D eigenvalue weighted by Gasteiger charge is -2.01. The minimum atomic E-state index is 0.107. The predicted molar refractivity (Wildman–Crippen MR) is 55.1 cm³/mol. The van der Waals surface area contributed by atoms with E-state index in [0.29, 0.717) is 13.2 Å². The Balaban J connectivity index is 2.07. The van der Waals surface area contributed by atoms with Crippen molar-refractivity contribution in [2.24, 2.45) is 0 Å². The van der Waals surface area contributed by atoms with E-state index in [1.54, 1.807) is 11.8 Å². The highest BCUT2D eigenvalue weighted by atomic mass is 32.2. The van der Waals surface area contributed by atoms with Gasteiger partial charge in [-0.1, -0.05) is 18.2 Å². The predicted octanol–water partition coefficient (Wildman–Crippen LogP) is 1.79. The van der Waals surface area contributed by atoms with Crippen LogP contribution < -0.4 is 0 Å². The zero-order valence-corrected chi connectivity index (χ0v) is 8.30. The molecule has 72 valence electrons. The van der Waals surface area contributed by atoms with E-state index < -0.39 is 0 Å². The fourth-order valence-electron chi connectivity index (χ4n) is 0.902. The average molecular weight is 198 g/mol. The minimum absolute atomic E-state index is 0.107. The van der Waals surface area contributed by atoms with Crippen LogP contribution in [0.5, 0.6) is 0 Å². The first kappa shape index (κ1) is 10.6. The van der Waals surface area contributed by atoms with Crippen molar-refractivity contribution < 1.29 is 9.84 Å². The number of ether oxygens (including phenoxy) is 1. The van der Waals surface area contributed by atoms with Crippen LogP contribution >= 0.6 is 11.8 Å². The molecule has 0 unspecified atom stereocenters.